The Morgan fingerprint density at radius 2 is 1.74 bits per heavy atom. The molecule has 0 saturated heterocycles. The summed E-state index contributed by atoms with van der Waals surface area (Å²) >= 11 is 3.80. The fraction of sp³-hybridized carbons (Fsp3) is 0.379. The normalized spacial score (nSPS) is 15.1. The van der Waals surface area contributed by atoms with Gasteiger partial charge in [-0.1, -0.05) is 66.2 Å². The summed E-state index contributed by atoms with van der Waals surface area (Å²) in [6, 6.07) is 20.8. The Kier molecular flexibility index (Phi) is 9.07. The first-order valence-electron chi connectivity index (χ1n) is 12.4. The Balaban J connectivity index is 1.51. The first kappa shape index (κ1) is 25.5. The SMILES string of the molecule is CCN(CC)CCOc1ccc2c(c1)CCNC2c1cc(OC)c(OCc2ccccc2)cc1Br. The molecule has 1 heterocycles. The molecular weight excluding hydrogens is 504 g/mol. The van der Waals surface area contributed by atoms with Gasteiger partial charge in [0.15, 0.2) is 11.5 Å². The standard InChI is InChI=1S/C29H35BrN2O3/c1-4-32(5-2)15-16-34-23-11-12-24-22(17-23)13-14-31-29(24)25-18-27(33-3)28(19-26(25)30)35-20-21-9-7-6-8-10-21/h6-12,17-19,29,31H,4-5,13-16,20H2,1-3H3. The van der Waals surface area contributed by atoms with Crippen molar-refractivity contribution in [3.8, 4) is 17.2 Å². The van der Waals surface area contributed by atoms with E-state index in [4.69, 9.17) is 14.2 Å². The lowest BCUT2D eigenvalue weighted by molar-refractivity contribution is 0.222. The first-order chi connectivity index (χ1) is 17.1. The van der Waals surface area contributed by atoms with Crippen LogP contribution >= 0.6 is 15.9 Å². The van der Waals surface area contributed by atoms with Crippen LogP contribution in [0.2, 0.25) is 0 Å². The molecule has 6 heteroatoms. The minimum atomic E-state index is 0.0647. The van der Waals surface area contributed by atoms with Crippen molar-refractivity contribution in [2.45, 2.75) is 32.9 Å². The molecule has 1 N–H and O–H groups in total. The summed E-state index contributed by atoms with van der Waals surface area (Å²) in [6.07, 6.45) is 0.978. The fourth-order valence-corrected chi connectivity index (χ4v) is 5.07. The van der Waals surface area contributed by atoms with Crippen molar-refractivity contribution >= 4 is 15.9 Å². The molecule has 3 aromatic carbocycles. The molecule has 1 aliphatic rings. The second-order valence-corrected chi connectivity index (χ2v) is 9.53. The van der Waals surface area contributed by atoms with Crippen LogP contribution in [0.25, 0.3) is 0 Å². The number of ether oxygens (including phenoxy) is 3. The van der Waals surface area contributed by atoms with Crippen molar-refractivity contribution in [3.05, 3.63) is 87.4 Å². The average molecular weight is 540 g/mol. The number of nitrogens with zero attached hydrogens (tertiary/aromatic N) is 1. The van der Waals surface area contributed by atoms with Crippen molar-refractivity contribution in [1.29, 1.82) is 0 Å². The third kappa shape index (κ3) is 6.37. The lowest BCUT2D eigenvalue weighted by Crippen LogP contribution is -2.31. The molecule has 0 saturated carbocycles. The van der Waals surface area contributed by atoms with Crippen LogP contribution in [0.1, 0.15) is 42.1 Å². The van der Waals surface area contributed by atoms with E-state index in [1.807, 2.05) is 24.3 Å². The number of hydrogen-bond donors (Lipinski definition) is 1. The van der Waals surface area contributed by atoms with Gasteiger partial charge in [0.25, 0.3) is 0 Å². The lowest BCUT2D eigenvalue weighted by atomic mass is 9.89. The van der Waals surface area contributed by atoms with Crippen LogP contribution in [-0.2, 0) is 13.0 Å². The minimum Gasteiger partial charge on any atom is -0.493 e. The molecule has 0 bridgehead atoms. The highest BCUT2D eigenvalue weighted by Gasteiger charge is 2.25. The number of halogens is 1. The lowest BCUT2D eigenvalue weighted by Gasteiger charge is -2.29. The molecule has 1 unspecified atom stereocenters. The van der Waals surface area contributed by atoms with Gasteiger partial charge in [0.2, 0.25) is 0 Å². The zero-order chi connectivity index (χ0) is 24.6. The number of methoxy groups -OCH3 is 1. The van der Waals surface area contributed by atoms with E-state index in [0.717, 1.165) is 65.4 Å². The second-order valence-electron chi connectivity index (χ2n) is 8.67. The number of fused-ring (bicyclic) bond motifs is 1. The number of hydrogen-bond acceptors (Lipinski definition) is 5. The third-order valence-electron chi connectivity index (χ3n) is 6.57. The van der Waals surface area contributed by atoms with E-state index in [1.54, 1.807) is 7.11 Å². The zero-order valence-electron chi connectivity index (χ0n) is 20.9. The largest absolute Gasteiger partial charge is 0.493 e. The minimum absolute atomic E-state index is 0.0647. The zero-order valence-corrected chi connectivity index (χ0v) is 22.4. The quantitative estimate of drug-likeness (QED) is 0.324. The Morgan fingerprint density at radius 3 is 2.49 bits per heavy atom. The van der Waals surface area contributed by atoms with Crippen molar-refractivity contribution in [3.63, 3.8) is 0 Å². The van der Waals surface area contributed by atoms with Gasteiger partial charge in [-0.25, -0.2) is 0 Å². The highest BCUT2D eigenvalue weighted by atomic mass is 79.9. The summed E-state index contributed by atoms with van der Waals surface area (Å²) in [5.41, 5.74) is 4.84. The van der Waals surface area contributed by atoms with Crippen molar-refractivity contribution < 1.29 is 14.2 Å². The van der Waals surface area contributed by atoms with Gasteiger partial charge in [-0.2, -0.15) is 0 Å². The van der Waals surface area contributed by atoms with Crippen LogP contribution in [-0.4, -0.2) is 44.8 Å². The summed E-state index contributed by atoms with van der Waals surface area (Å²) < 4.78 is 18.9. The molecule has 4 rings (SSSR count). The summed E-state index contributed by atoms with van der Waals surface area (Å²) in [6.45, 7) is 9.51. The smallest absolute Gasteiger partial charge is 0.162 e. The maximum atomic E-state index is 6.10. The van der Waals surface area contributed by atoms with Crippen LogP contribution in [0.15, 0.2) is 65.1 Å². The Hall–Kier alpha value is -2.54. The summed E-state index contributed by atoms with van der Waals surface area (Å²) in [5, 5.41) is 3.68. The van der Waals surface area contributed by atoms with Crippen LogP contribution in [0.3, 0.4) is 0 Å². The Morgan fingerprint density at radius 1 is 0.943 bits per heavy atom. The highest BCUT2D eigenvalue weighted by molar-refractivity contribution is 9.10. The molecule has 0 radical (unpaired) electrons. The van der Waals surface area contributed by atoms with Gasteiger partial charge < -0.3 is 24.4 Å². The van der Waals surface area contributed by atoms with Gasteiger partial charge in [0, 0.05) is 17.6 Å². The fourth-order valence-electron chi connectivity index (χ4n) is 4.52. The summed E-state index contributed by atoms with van der Waals surface area (Å²) in [4.78, 5) is 2.37. The Bertz CT molecular complexity index is 1100. The van der Waals surface area contributed by atoms with Crippen molar-refractivity contribution in [2.75, 3.05) is 39.9 Å². The van der Waals surface area contributed by atoms with Gasteiger partial charge in [-0.15, -0.1) is 0 Å². The van der Waals surface area contributed by atoms with Gasteiger partial charge in [-0.05, 0) is 66.0 Å². The van der Waals surface area contributed by atoms with Gasteiger partial charge in [0.05, 0.1) is 13.2 Å². The van der Waals surface area contributed by atoms with E-state index in [1.165, 1.54) is 11.1 Å². The molecule has 0 amide bonds. The van der Waals surface area contributed by atoms with E-state index >= 15 is 0 Å². The predicted molar refractivity (Wildman–Crippen MR) is 145 cm³/mol. The van der Waals surface area contributed by atoms with Gasteiger partial charge in [-0.3, -0.25) is 0 Å². The van der Waals surface area contributed by atoms with E-state index in [-0.39, 0.29) is 6.04 Å². The van der Waals surface area contributed by atoms with Crippen molar-refractivity contribution in [1.82, 2.24) is 10.2 Å². The van der Waals surface area contributed by atoms with E-state index in [0.29, 0.717) is 13.2 Å². The van der Waals surface area contributed by atoms with Crippen LogP contribution in [0.4, 0.5) is 0 Å². The molecule has 1 atom stereocenters. The molecule has 0 aromatic heterocycles. The molecular formula is C29H35BrN2O3. The highest BCUT2D eigenvalue weighted by Crippen LogP contribution is 2.40. The predicted octanol–water partition coefficient (Wildman–Crippen LogP) is 5.99. The van der Waals surface area contributed by atoms with E-state index in [2.05, 4.69) is 76.4 Å². The van der Waals surface area contributed by atoms with Crippen LogP contribution in [0.5, 0.6) is 17.2 Å². The molecule has 5 nitrogen and oxygen atoms in total. The topological polar surface area (TPSA) is 43.0 Å². The molecule has 0 fully saturated rings. The number of rotatable bonds is 11. The summed E-state index contributed by atoms with van der Waals surface area (Å²) in [5.74, 6) is 2.39. The maximum Gasteiger partial charge on any atom is 0.162 e. The van der Waals surface area contributed by atoms with E-state index < -0.39 is 0 Å². The van der Waals surface area contributed by atoms with Crippen LogP contribution < -0.4 is 19.5 Å². The Labute approximate surface area is 217 Å². The first-order valence-corrected chi connectivity index (χ1v) is 13.2. The molecule has 1 aliphatic heterocycles. The summed E-state index contributed by atoms with van der Waals surface area (Å²) in [7, 11) is 1.69. The molecule has 0 aliphatic carbocycles. The van der Waals surface area contributed by atoms with Crippen LogP contribution in [0, 0.1) is 0 Å². The number of likely N-dealkylation sites (N-methyl/N-ethyl adjacent to an activating group) is 1. The molecule has 186 valence electrons. The van der Waals surface area contributed by atoms with Gasteiger partial charge >= 0.3 is 0 Å². The number of benzene rings is 3. The monoisotopic (exact) mass is 538 g/mol. The average Bonchev–Trinajstić information content (AvgIpc) is 2.90. The van der Waals surface area contributed by atoms with Crippen molar-refractivity contribution in [2.24, 2.45) is 0 Å². The van der Waals surface area contributed by atoms with E-state index in [9.17, 15) is 0 Å². The number of nitrogens with one attached hydrogen (secondary N) is 1. The van der Waals surface area contributed by atoms with Gasteiger partial charge in [0.1, 0.15) is 19.0 Å². The third-order valence-corrected chi connectivity index (χ3v) is 7.26. The second kappa shape index (κ2) is 12.4. The molecule has 35 heavy (non-hydrogen) atoms. The maximum absolute atomic E-state index is 6.10. The molecule has 0 spiro atoms. The molecule has 3 aromatic rings.